The van der Waals surface area contributed by atoms with Gasteiger partial charge in [-0.15, -0.1) is 0 Å². The van der Waals surface area contributed by atoms with Crippen molar-refractivity contribution >= 4 is 11.9 Å². The predicted molar refractivity (Wildman–Crippen MR) is 94.4 cm³/mol. The fourth-order valence-electron chi connectivity index (χ4n) is 2.75. The minimum Gasteiger partial charge on any atom is -0.487 e. The summed E-state index contributed by atoms with van der Waals surface area (Å²) in [4.78, 5) is 26.6. The minimum atomic E-state index is 0.0198. The zero-order valence-electron chi connectivity index (χ0n) is 14.6. The van der Waals surface area contributed by atoms with E-state index in [1.165, 1.54) is 0 Å². The van der Waals surface area contributed by atoms with Crippen LogP contribution in [0.3, 0.4) is 0 Å². The molecule has 0 aliphatic carbocycles. The van der Waals surface area contributed by atoms with Gasteiger partial charge in [0, 0.05) is 49.6 Å². The summed E-state index contributed by atoms with van der Waals surface area (Å²) >= 11 is 0. The van der Waals surface area contributed by atoms with Crippen LogP contribution >= 0.6 is 0 Å². The van der Waals surface area contributed by atoms with Crippen LogP contribution in [-0.4, -0.2) is 40.1 Å². The first-order chi connectivity index (χ1) is 12.2. The molecule has 7 heteroatoms. The molecule has 1 amide bonds. The molecule has 3 heterocycles. The second kappa shape index (κ2) is 7.92. The molecule has 132 valence electrons. The zero-order valence-corrected chi connectivity index (χ0v) is 14.6. The summed E-state index contributed by atoms with van der Waals surface area (Å²) in [7, 11) is 0. The standard InChI is InChI=1S/C18H23N5O2/c1-3-17(24)21-10-14-5-7-19-11-16(14)25-15-6-9-23(12-15)18-20-8-4-13(2)22-18/h4-5,7-8,11,15H,3,6,9-10,12H2,1-2H3,(H,21,24)/t15-/m0/s1. The molecule has 3 rings (SSSR count). The smallest absolute Gasteiger partial charge is 0.225 e. The van der Waals surface area contributed by atoms with Crippen molar-refractivity contribution in [2.45, 2.75) is 39.3 Å². The van der Waals surface area contributed by atoms with Gasteiger partial charge in [-0.1, -0.05) is 6.92 Å². The SMILES string of the molecule is CCC(=O)NCc1ccncc1O[C@H]1CCN(c2nccc(C)n2)C1. The molecular weight excluding hydrogens is 318 g/mol. The minimum absolute atomic E-state index is 0.0198. The Labute approximate surface area is 147 Å². The van der Waals surface area contributed by atoms with Gasteiger partial charge in [0.25, 0.3) is 0 Å². The molecule has 0 saturated carbocycles. The fourth-order valence-corrected chi connectivity index (χ4v) is 2.75. The van der Waals surface area contributed by atoms with Gasteiger partial charge in [-0.05, 0) is 19.1 Å². The number of carbonyl (C=O) groups is 1. The summed E-state index contributed by atoms with van der Waals surface area (Å²) < 4.78 is 6.14. The Morgan fingerprint density at radius 3 is 3.08 bits per heavy atom. The Morgan fingerprint density at radius 2 is 2.28 bits per heavy atom. The molecule has 1 aliphatic rings. The highest BCUT2D eigenvalue weighted by Crippen LogP contribution is 2.23. The molecule has 25 heavy (non-hydrogen) atoms. The van der Waals surface area contributed by atoms with Crippen LogP contribution in [0.5, 0.6) is 5.75 Å². The lowest BCUT2D eigenvalue weighted by Crippen LogP contribution is -2.27. The fraction of sp³-hybridized carbons (Fsp3) is 0.444. The van der Waals surface area contributed by atoms with Gasteiger partial charge < -0.3 is 15.0 Å². The van der Waals surface area contributed by atoms with Gasteiger partial charge in [-0.25, -0.2) is 9.97 Å². The lowest BCUT2D eigenvalue weighted by Gasteiger charge is -2.18. The maximum absolute atomic E-state index is 11.5. The second-order valence-corrected chi connectivity index (χ2v) is 6.09. The Morgan fingerprint density at radius 1 is 1.40 bits per heavy atom. The summed E-state index contributed by atoms with van der Waals surface area (Å²) in [6.45, 7) is 5.83. The maximum Gasteiger partial charge on any atom is 0.225 e. The topological polar surface area (TPSA) is 80.2 Å². The van der Waals surface area contributed by atoms with E-state index in [2.05, 4.69) is 25.2 Å². The highest BCUT2D eigenvalue weighted by atomic mass is 16.5. The number of pyridine rings is 1. The van der Waals surface area contributed by atoms with Crippen LogP contribution in [0, 0.1) is 6.92 Å². The van der Waals surface area contributed by atoms with Gasteiger partial charge in [-0.2, -0.15) is 0 Å². The maximum atomic E-state index is 11.5. The highest BCUT2D eigenvalue weighted by Gasteiger charge is 2.26. The number of hydrogen-bond donors (Lipinski definition) is 1. The number of ether oxygens (including phenoxy) is 1. The van der Waals surface area contributed by atoms with E-state index in [1.54, 1.807) is 18.6 Å². The molecule has 0 unspecified atom stereocenters. The quantitative estimate of drug-likeness (QED) is 0.864. The van der Waals surface area contributed by atoms with Crippen LogP contribution in [0.1, 0.15) is 31.0 Å². The number of amides is 1. The van der Waals surface area contributed by atoms with E-state index >= 15 is 0 Å². The monoisotopic (exact) mass is 341 g/mol. The van der Waals surface area contributed by atoms with Crippen molar-refractivity contribution < 1.29 is 9.53 Å². The lowest BCUT2D eigenvalue weighted by atomic mass is 10.2. The third kappa shape index (κ3) is 4.43. The van der Waals surface area contributed by atoms with Crippen LogP contribution < -0.4 is 15.0 Å². The van der Waals surface area contributed by atoms with Crippen molar-refractivity contribution in [3.05, 3.63) is 42.0 Å². The summed E-state index contributed by atoms with van der Waals surface area (Å²) in [5, 5.41) is 2.88. The van der Waals surface area contributed by atoms with E-state index in [0.717, 1.165) is 42.5 Å². The van der Waals surface area contributed by atoms with Crippen molar-refractivity contribution in [1.29, 1.82) is 0 Å². The molecule has 0 spiro atoms. The van der Waals surface area contributed by atoms with Gasteiger partial charge in [-0.3, -0.25) is 9.78 Å². The van der Waals surface area contributed by atoms with E-state index in [9.17, 15) is 4.79 Å². The summed E-state index contributed by atoms with van der Waals surface area (Å²) in [6, 6.07) is 3.77. The van der Waals surface area contributed by atoms with E-state index in [0.29, 0.717) is 13.0 Å². The molecule has 1 saturated heterocycles. The predicted octanol–water partition coefficient (Wildman–Crippen LogP) is 1.86. The zero-order chi connectivity index (χ0) is 17.6. The van der Waals surface area contributed by atoms with Crippen molar-refractivity contribution in [2.24, 2.45) is 0 Å². The number of anilines is 1. The largest absolute Gasteiger partial charge is 0.487 e. The summed E-state index contributed by atoms with van der Waals surface area (Å²) in [6.07, 6.45) is 6.61. The number of aryl methyl sites for hydroxylation is 1. The lowest BCUT2D eigenvalue weighted by molar-refractivity contribution is -0.120. The first-order valence-electron chi connectivity index (χ1n) is 8.56. The molecular formula is C18H23N5O2. The average molecular weight is 341 g/mol. The van der Waals surface area contributed by atoms with Crippen LogP contribution in [0.25, 0.3) is 0 Å². The number of nitrogens with one attached hydrogen (secondary N) is 1. The van der Waals surface area contributed by atoms with E-state index in [-0.39, 0.29) is 12.0 Å². The molecule has 1 N–H and O–H groups in total. The Kier molecular flexibility index (Phi) is 5.42. The Hall–Kier alpha value is -2.70. The van der Waals surface area contributed by atoms with Gasteiger partial charge in [0.2, 0.25) is 11.9 Å². The summed E-state index contributed by atoms with van der Waals surface area (Å²) in [5.41, 5.74) is 1.89. The molecule has 0 bridgehead atoms. The van der Waals surface area contributed by atoms with E-state index < -0.39 is 0 Å². The van der Waals surface area contributed by atoms with Crippen molar-refractivity contribution in [3.63, 3.8) is 0 Å². The van der Waals surface area contributed by atoms with Gasteiger partial charge in [0.1, 0.15) is 11.9 Å². The number of rotatable bonds is 6. The first kappa shape index (κ1) is 17.1. The number of hydrogen-bond acceptors (Lipinski definition) is 6. The van der Waals surface area contributed by atoms with E-state index in [4.69, 9.17) is 4.74 Å². The highest BCUT2D eigenvalue weighted by molar-refractivity contribution is 5.75. The Bertz CT molecular complexity index is 737. The third-order valence-corrected chi connectivity index (χ3v) is 4.17. The first-order valence-corrected chi connectivity index (χ1v) is 8.56. The molecule has 1 fully saturated rings. The molecule has 1 aliphatic heterocycles. The van der Waals surface area contributed by atoms with E-state index in [1.807, 2.05) is 26.0 Å². The van der Waals surface area contributed by atoms with Crippen LogP contribution in [-0.2, 0) is 11.3 Å². The summed E-state index contributed by atoms with van der Waals surface area (Å²) in [5.74, 6) is 1.48. The van der Waals surface area contributed by atoms with Gasteiger partial charge in [0.05, 0.1) is 12.7 Å². The molecule has 7 nitrogen and oxygen atoms in total. The molecule has 2 aromatic heterocycles. The second-order valence-electron chi connectivity index (χ2n) is 6.09. The van der Waals surface area contributed by atoms with Crippen molar-refractivity contribution in [1.82, 2.24) is 20.3 Å². The molecule has 2 aromatic rings. The normalized spacial score (nSPS) is 16.7. The average Bonchev–Trinajstić information content (AvgIpc) is 3.09. The third-order valence-electron chi connectivity index (χ3n) is 4.17. The van der Waals surface area contributed by atoms with Crippen molar-refractivity contribution in [3.8, 4) is 5.75 Å². The van der Waals surface area contributed by atoms with Crippen molar-refractivity contribution in [2.75, 3.05) is 18.0 Å². The van der Waals surface area contributed by atoms with Crippen LogP contribution in [0.2, 0.25) is 0 Å². The molecule has 0 radical (unpaired) electrons. The van der Waals surface area contributed by atoms with Gasteiger partial charge in [0.15, 0.2) is 0 Å². The van der Waals surface area contributed by atoms with Gasteiger partial charge >= 0.3 is 0 Å². The van der Waals surface area contributed by atoms with Crippen LogP contribution in [0.4, 0.5) is 5.95 Å². The number of carbonyl (C=O) groups excluding carboxylic acids is 1. The van der Waals surface area contributed by atoms with Crippen LogP contribution in [0.15, 0.2) is 30.7 Å². The Balaban J connectivity index is 1.62. The number of nitrogens with zero attached hydrogens (tertiary/aromatic N) is 4. The number of aromatic nitrogens is 3. The molecule has 0 aromatic carbocycles. The molecule has 1 atom stereocenters.